The number of rotatable bonds is 6. The Bertz CT molecular complexity index is 789. The first-order valence-corrected chi connectivity index (χ1v) is 9.97. The van der Waals surface area contributed by atoms with E-state index >= 15 is 0 Å². The lowest BCUT2D eigenvalue weighted by Crippen LogP contribution is -2.33. The van der Waals surface area contributed by atoms with E-state index in [4.69, 9.17) is 9.97 Å². The number of hydrogen-bond acceptors (Lipinski definition) is 4. The standard InChI is InChI=1S/C19H25N3OS/c1-4-9-22(10-13-5-6-13)19(23)16-11(2)15-12(3)20-17(14-7-8-14)21-18(15)24-16/h13-14H,4-10H2,1-3H3. The molecule has 0 atom stereocenters. The maximum atomic E-state index is 13.1. The Morgan fingerprint density at radius 1 is 1.21 bits per heavy atom. The fourth-order valence-electron chi connectivity index (χ4n) is 3.39. The van der Waals surface area contributed by atoms with Gasteiger partial charge in [-0.15, -0.1) is 11.3 Å². The first-order valence-electron chi connectivity index (χ1n) is 9.15. The van der Waals surface area contributed by atoms with Crippen LogP contribution in [0.3, 0.4) is 0 Å². The Labute approximate surface area is 147 Å². The zero-order chi connectivity index (χ0) is 16.8. The Morgan fingerprint density at radius 3 is 2.58 bits per heavy atom. The number of nitrogens with zero attached hydrogens (tertiary/aromatic N) is 3. The van der Waals surface area contributed by atoms with Gasteiger partial charge in [0.1, 0.15) is 10.7 Å². The molecule has 24 heavy (non-hydrogen) atoms. The van der Waals surface area contributed by atoms with Crippen molar-refractivity contribution >= 4 is 27.5 Å². The third-order valence-electron chi connectivity index (χ3n) is 5.08. The molecule has 2 aromatic heterocycles. The molecule has 1 amide bonds. The Morgan fingerprint density at radius 2 is 1.96 bits per heavy atom. The summed E-state index contributed by atoms with van der Waals surface area (Å²) in [6.07, 6.45) is 5.95. The molecule has 0 spiro atoms. The van der Waals surface area contributed by atoms with Gasteiger partial charge in [-0.2, -0.15) is 0 Å². The summed E-state index contributed by atoms with van der Waals surface area (Å²) in [5.41, 5.74) is 2.09. The van der Waals surface area contributed by atoms with Crippen molar-refractivity contribution in [2.45, 2.75) is 58.8 Å². The van der Waals surface area contributed by atoms with Crippen molar-refractivity contribution < 1.29 is 4.79 Å². The van der Waals surface area contributed by atoms with Crippen molar-refractivity contribution in [1.29, 1.82) is 0 Å². The fraction of sp³-hybridized carbons (Fsp3) is 0.632. The normalized spacial score (nSPS) is 17.5. The van der Waals surface area contributed by atoms with Crippen LogP contribution in [-0.4, -0.2) is 33.9 Å². The molecule has 5 heteroatoms. The van der Waals surface area contributed by atoms with Crippen LogP contribution in [0.5, 0.6) is 0 Å². The van der Waals surface area contributed by atoms with Crippen molar-refractivity contribution in [2.75, 3.05) is 13.1 Å². The highest BCUT2D eigenvalue weighted by Gasteiger charge is 2.31. The summed E-state index contributed by atoms with van der Waals surface area (Å²) in [7, 11) is 0. The predicted octanol–water partition coefficient (Wildman–Crippen LogP) is 4.45. The van der Waals surface area contributed by atoms with Crippen LogP contribution >= 0.6 is 11.3 Å². The molecule has 2 aliphatic carbocycles. The molecule has 128 valence electrons. The summed E-state index contributed by atoms with van der Waals surface area (Å²) in [6.45, 7) is 8.01. The van der Waals surface area contributed by atoms with Gasteiger partial charge < -0.3 is 4.90 Å². The van der Waals surface area contributed by atoms with Crippen LogP contribution in [0, 0.1) is 19.8 Å². The molecule has 0 aromatic carbocycles. The highest BCUT2D eigenvalue weighted by molar-refractivity contribution is 7.20. The van der Waals surface area contributed by atoms with Crippen molar-refractivity contribution in [3.8, 4) is 0 Å². The van der Waals surface area contributed by atoms with Gasteiger partial charge in [0.05, 0.1) is 10.6 Å². The molecule has 2 fully saturated rings. The average Bonchev–Trinajstić information content (AvgIpc) is 3.44. The van der Waals surface area contributed by atoms with Crippen LogP contribution < -0.4 is 0 Å². The minimum absolute atomic E-state index is 0.191. The van der Waals surface area contributed by atoms with E-state index < -0.39 is 0 Å². The lowest BCUT2D eigenvalue weighted by atomic mass is 10.1. The number of fused-ring (bicyclic) bond motifs is 1. The van der Waals surface area contributed by atoms with Gasteiger partial charge in [0.15, 0.2) is 0 Å². The Hall–Kier alpha value is -1.49. The third-order valence-corrected chi connectivity index (χ3v) is 6.26. The van der Waals surface area contributed by atoms with Gasteiger partial charge in [0.2, 0.25) is 0 Å². The second kappa shape index (κ2) is 6.10. The lowest BCUT2D eigenvalue weighted by molar-refractivity contribution is 0.0752. The second-order valence-corrected chi connectivity index (χ2v) is 8.37. The lowest BCUT2D eigenvalue weighted by Gasteiger charge is -2.21. The van der Waals surface area contributed by atoms with Gasteiger partial charge in [-0.25, -0.2) is 9.97 Å². The van der Waals surface area contributed by atoms with Crippen LogP contribution in [0.25, 0.3) is 10.2 Å². The van der Waals surface area contributed by atoms with Crippen molar-refractivity contribution in [3.63, 3.8) is 0 Å². The van der Waals surface area contributed by atoms with Gasteiger partial charge in [0.25, 0.3) is 5.91 Å². The van der Waals surface area contributed by atoms with E-state index in [0.29, 0.717) is 5.92 Å². The number of hydrogen-bond donors (Lipinski definition) is 0. The molecule has 4 nitrogen and oxygen atoms in total. The largest absolute Gasteiger partial charge is 0.338 e. The van der Waals surface area contributed by atoms with E-state index in [-0.39, 0.29) is 5.91 Å². The summed E-state index contributed by atoms with van der Waals surface area (Å²) in [5.74, 6) is 2.43. The minimum atomic E-state index is 0.191. The molecule has 0 aliphatic heterocycles. The maximum absolute atomic E-state index is 13.1. The highest BCUT2D eigenvalue weighted by Crippen LogP contribution is 2.40. The zero-order valence-corrected chi connectivity index (χ0v) is 15.6. The quantitative estimate of drug-likeness (QED) is 0.778. The summed E-state index contributed by atoms with van der Waals surface area (Å²) < 4.78 is 0. The van der Waals surface area contributed by atoms with E-state index in [1.165, 1.54) is 25.7 Å². The van der Waals surface area contributed by atoms with Crippen molar-refractivity contribution in [3.05, 3.63) is 22.0 Å². The third kappa shape index (κ3) is 2.94. The van der Waals surface area contributed by atoms with Crippen molar-refractivity contribution in [1.82, 2.24) is 14.9 Å². The van der Waals surface area contributed by atoms with Gasteiger partial charge in [0, 0.05) is 24.4 Å². The molecule has 2 heterocycles. The van der Waals surface area contributed by atoms with Crippen LogP contribution in [-0.2, 0) is 0 Å². The molecular formula is C19H25N3OS. The topological polar surface area (TPSA) is 46.1 Å². The maximum Gasteiger partial charge on any atom is 0.264 e. The van der Waals surface area contributed by atoms with Crippen LogP contribution in [0.1, 0.15) is 71.7 Å². The minimum Gasteiger partial charge on any atom is -0.338 e. The Kier molecular flexibility index (Phi) is 4.07. The number of amides is 1. The molecule has 0 unspecified atom stereocenters. The van der Waals surface area contributed by atoms with Crippen LogP contribution in [0.4, 0.5) is 0 Å². The molecule has 0 N–H and O–H groups in total. The van der Waals surface area contributed by atoms with Crippen LogP contribution in [0.2, 0.25) is 0 Å². The average molecular weight is 343 g/mol. The van der Waals surface area contributed by atoms with Gasteiger partial charge in [-0.3, -0.25) is 4.79 Å². The number of carbonyl (C=O) groups excluding carboxylic acids is 1. The summed E-state index contributed by atoms with van der Waals surface area (Å²) in [4.78, 5) is 26.5. The molecule has 0 saturated heterocycles. The smallest absolute Gasteiger partial charge is 0.264 e. The first-order chi connectivity index (χ1) is 11.6. The second-order valence-electron chi connectivity index (χ2n) is 7.37. The molecule has 0 radical (unpaired) electrons. The monoisotopic (exact) mass is 343 g/mol. The fourth-order valence-corrected chi connectivity index (χ4v) is 4.60. The number of carbonyl (C=O) groups is 1. The van der Waals surface area contributed by atoms with Crippen LogP contribution in [0.15, 0.2) is 0 Å². The van der Waals surface area contributed by atoms with Gasteiger partial charge in [-0.1, -0.05) is 6.92 Å². The van der Waals surface area contributed by atoms with E-state index in [0.717, 1.165) is 57.6 Å². The molecular weight excluding hydrogens is 318 g/mol. The summed E-state index contributed by atoms with van der Waals surface area (Å²) in [5, 5.41) is 1.09. The molecule has 2 saturated carbocycles. The van der Waals surface area contributed by atoms with E-state index in [2.05, 4.69) is 25.7 Å². The van der Waals surface area contributed by atoms with Crippen molar-refractivity contribution in [2.24, 2.45) is 5.92 Å². The van der Waals surface area contributed by atoms with Gasteiger partial charge >= 0.3 is 0 Å². The first kappa shape index (κ1) is 16.0. The number of aryl methyl sites for hydroxylation is 2. The highest BCUT2D eigenvalue weighted by atomic mass is 32.1. The SMILES string of the molecule is CCCN(CC1CC1)C(=O)c1sc2nc(C3CC3)nc(C)c2c1C. The number of thiophene rings is 1. The molecule has 2 aromatic rings. The molecule has 0 bridgehead atoms. The van der Waals surface area contributed by atoms with E-state index in [1.807, 2.05) is 0 Å². The zero-order valence-electron chi connectivity index (χ0n) is 14.8. The molecule has 2 aliphatic rings. The summed E-state index contributed by atoms with van der Waals surface area (Å²) in [6, 6.07) is 0. The Balaban J connectivity index is 1.70. The van der Waals surface area contributed by atoms with E-state index in [9.17, 15) is 4.79 Å². The predicted molar refractivity (Wildman–Crippen MR) is 97.8 cm³/mol. The van der Waals surface area contributed by atoms with E-state index in [1.54, 1.807) is 11.3 Å². The number of aromatic nitrogens is 2. The summed E-state index contributed by atoms with van der Waals surface area (Å²) >= 11 is 1.56. The van der Waals surface area contributed by atoms with Gasteiger partial charge in [-0.05, 0) is 57.4 Å². The molecule has 4 rings (SSSR count).